The smallest absolute Gasteiger partial charge is 0.150 e. The summed E-state index contributed by atoms with van der Waals surface area (Å²) in [5.74, 6) is 0.565. The summed E-state index contributed by atoms with van der Waals surface area (Å²) < 4.78 is 5.50. The van der Waals surface area contributed by atoms with Crippen LogP contribution in [0.15, 0.2) is 59.5 Å². The van der Waals surface area contributed by atoms with Gasteiger partial charge in [0.1, 0.15) is 6.29 Å². The van der Waals surface area contributed by atoms with Crippen molar-refractivity contribution in [3.05, 3.63) is 65.7 Å². The van der Waals surface area contributed by atoms with Crippen molar-refractivity contribution in [2.75, 3.05) is 12.4 Å². The van der Waals surface area contributed by atoms with Gasteiger partial charge in [0.05, 0.1) is 19.3 Å². The van der Waals surface area contributed by atoms with Crippen LogP contribution in [0.1, 0.15) is 15.9 Å². The van der Waals surface area contributed by atoms with Gasteiger partial charge in [-0.15, -0.1) is 11.8 Å². The van der Waals surface area contributed by atoms with E-state index in [0.29, 0.717) is 24.5 Å². The van der Waals surface area contributed by atoms with Crippen molar-refractivity contribution in [3.8, 4) is 0 Å². The normalized spacial score (nSPS) is 12.0. The van der Waals surface area contributed by atoms with Crippen LogP contribution in [0.4, 0.5) is 0 Å². The summed E-state index contributed by atoms with van der Waals surface area (Å²) in [5, 5.41) is 9.89. The predicted molar refractivity (Wildman–Crippen MR) is 84.7 cm³/mol. The fourth-order valence-corrected chi connectivity index (χ4v) is 2.58. The number of aldehydes is 1. The van der Waals surface area contributed by atoms with Crippen LogP contribution in [0.25, 0.3) is 0 Å². The van der Waals surface area contributed by atoms with Crippen molar-refractivity contribution >= 4 is 18.0 Å². The third-order valence-corrected chi connectivity index (χ3v) is 4.04. The minimum absolute atomic E-state index is 0.314. The summed E-state index contributed by atoms with van der Waals surface area (Å²) in [4.78, 5) is 11.6. The van der Waals surface area contributed by atoms with Crippen LogP contribution in [0.2, 0.25) is 0 Å². The lowest BCUT2D eigenvalue weighted by Crippen LogP contribution is -2.17. The molecule has 0 fully saturated rings. The first-order valence-electron chi connectivity index (χ1n) is 6.75. The molecule has 0 aliphatic carbocycles. The Bertz CT molecular complexity index is 540. The van der Waals surface area contributed by atoms with Crippen molar-refractivity contribution in [2.24, 2.45) is 0 Å². The molecule has 0 heterocycles. The average Bonchev–Trinajstić information content (AvgIpc) is 2.54. The third-order valence-electron chi connectivity index (χ3n) is 2.88. The summed E-state index contributed by atoms with van der Waals surface area (Å²) >= 11 is 1.55. The molecule has 1 unspecified atom stereocenters. The van der Waals surface area contributed by atoms with Gasteiger partial charge >= 0.3 is 0 Å². The molecule has 0 spiro atoms. The molecule has 2 rings (SSSR count). The van der Waals surface area contributed by atoms with E-state index in [1.54, 1.807) is 23.9 Å². The van der Waals surface area contributed by atoms with E-state index in [-0.39, 0.29) is 0 Å². The molecule has 0 amide bonds. The molecule has 2 aromatic rings. The molecule has 110 valence electrons. The van der Waals surface area contributed by atoms with Crippen molar-refractivity contribution in [1.29, 1.82) is 0 Å². The molecule has 0 saturated carbocycles. The maximum Gasteiger partial charge on any atom is 0.150 e. The number of carbonyl (C=O) groups excluding carboxylic acids is 1. The number of benzene rings is 2. The summed E-state index contributed by atoms with van der Waals surface area (Å²) in [7, 11) is 0. The van der Waals surface area contributed by atoms with Crippen LogP contribution in [0.5, 0.6) is 0 Å². The van der Waals surface area contributed by atoms with Gasteiger partial charge in [-0.1, -0.05) is 42.5 Å². The van der Waals surface area contributed by atoms with Crippen LogP contribution in [0.3, 0.4) is 0 Å². The van der Waals surface area contributed by atoms with Crippen LogP contribution < -0.4 is 0 Å². The fourth-order valence-electron chi connectivity index (χ4n) is 1.77. The number of rotatable bonds is 8. The number of hydrogen-bond acceptors (Lipinski definition) is 4. The number of hydrogen-bond donors (Lipinski definition) is 1. The number of aliphatic hydroxyl groups is 1. The number of ether oxygens (including phenoxy) is 1. The van der Waals surface area contributed by atoms with E-state index in [2.05, 4.69) is 0 Å². The van der Waals surface area contributed by atoms with Crippen LogP contribution in [0, 0.1) is 0 Å². The van der Waals surface area contributed by atoms with Gasteiger partial charge in [0.15, 0.2) is 0 Å². The van der Waals surface area contributed by atoms with Crippen molar-refractivity contribution in [3.63, 3.8) is 0 Å². The summed E-state index contributed by atoms with van der Waals surface area (Å²) in [6, 6.07) is 17.2. The number of aliphatic hydroxyl groups excluding tert-OH is 1. The van der Waals surface area contributed by atoms with Crippen LogP contribution in [-0.2, 0) is 11.3 Å². The molecule has 0 radical (unpaired) electrons. The van der Waals surface area contributed by atoms with Gasteiger partial charge in [0.25, 0.3) is 0 Å². The minimum atomic E-state index is -0.510. The molecule has 0 aromatic heterocycles. The lowest BCUT2D eigenvalue weighted by atomic mass is 10.2. The summed E-state index contributed by atoms with van der Waals surface area (Å²) in [6.07, 6.45) is 0.310. The van der Waals surface area contributed by atoms with Gasteiger partial charge in [0, 0.05) is 16.2 Å². The lowest BCUT2D eigenvalue weighted by Gasteiger charge is -2.11. The second-order valence-corrected chi connectivity index (χ2v) is 5.75. The summed E-state index contributed by atoms with van der Waals surface area (Å²) in [5.41, 5.74) is 1.76. The third kappa shape index (κ3) is 5.71. The van der Waals surface area contributed by atoms with E-state index >= 15 is 0 Å². The zero-order chi connectivity index (χ0) is 14.9. The first kappa shape index (κ1) is 15.8. The Kier molecular flexibility index (Phi) is 6.47. The molecular weight excluding hydrogens is 284 g/mol. The molecule has 1 N–H and O–H groups in total. The monoisotopic (exact) mass is 302 g/mol. The first-order chi connectivity index (χ1) is 10.3. The van der Waals surface area contributed by atoms with Gasteiger partial charge in [-0.05, 0) is 17.7 Å². The largest absolute Gasteiger partial charge is 0.390 e. The average molecular weight is 302 g/mol. The Labute approximate surface area is 129 Å². The highest BCUT2D eigenvalue weighted by Gasteiger charge is 2.06. The van der Waals surface area contributed by atoms with E-state index in [9.17, 15) is 9.90 Å². The maximum atomic E-state index is 10.6. The number of thioether (sulfide) groups is 1. The Morgan fingerprint density at radius 3 is 2.48 bits per heavy atom. The lowest BCUT2D eigenvalue weighted by molar-refractivity contribution is 0.0398. The Hall–Kier alpha value is -1.62. The number of carbonyl (C=O) groups is 1. The predicted octanol–water partition coefficient (Wildman–Crippen LogP) is 3.17. The van der Waals surface area contributed by atoms with Gasteiger partial charge in [0.2, 0.25) is 0 Å². The molecule has 0 aliphatic rings. The second-order valence-electron chi connectivity index (χ2n) is 4.65. The zero-order valence-electron chi connectivity index (χ0n) is 11.6. The van der Waals surface area contributed by atoms with Crippen LogP contribution >= 0.6 is 11.8 Å². The van der Waals surface area contributed by atoms with E-state index < -0.39 is 6.10 Å². The highest BCUT2D eigenvalue weighted by molar-refractivity contribution is 7.99. The van der Waals surface area contributed by atoms with Crippen LogP contribution in [-0.4, -0.2) is 29.9 Å². The van der Waals surface area contributed by atoms with E-state index in [1.165, 1.54) is 0 Å². The van der Waals surface area contributed by atoms with Gasteiger partial charge in [-0.25, -0.2) is 0 Å². The molecular formula is C17H18O3S. The molecule has 2 aromatic carbocycles. The van der Waals surface area contributed by atoms with Crippen molar-refractivity contribution in [2.45, 2.75) is 17.6 Å². The highest BCUT2D eigenvalue weighted by atomic mass is 32.2. The summed E-state index contributed by atoms with van der Waals surface area (Å²) in [6.45, 7) is 0.824. The quantitative estimate of drug-likeness (QED) is 0.601. The second kappa shape index (κ2) is 8.62. The molecule has 0 saturated heterocycles. The Balaban J connectivity index is 1.67. The topological polar surface area (TPSA) is 46.5 Å². The SMILES string of the molecule is O=Cc1ccc(SCC(O)COCc2ccccc2)cc1. The molecule has 1 atom stereocenters. The van der Waals surface area contributed by atoms with Crippen molar-refractivity contribution < 1.29 is 14.6 Å². The van der Waals surface area contributed by atoms with Gasteiger partial charge in [-0.2, -0.15) is 0 Å². The Morgan fingerprint density at radius 1 is 1.10 bits per heavy atom. The van der Waals surface area contributed by atoms with E-state index in [4.69, 9.17) is 4.74 Å². The first-order valence-corrected chi connectivity index (χ1v) is 7.74. The molecule has 0 aliphatic heterocycles. The molecule has 21 heavy (non-hydrogen) atoms. The fraction of sp³-hybridized carbons (Fsp3) is 0.235. The highest BCUT2D eigenvalue weighted by Crippen LogP contribution is 2.19. The molecule has 3 nitrogen and oxygen atoms in total. The molecule has 4 heteroatoms. The Morgan fingerprint density at radius 2 is 1.81 bits per heavy atom. The van der Waals surface area contributed by atoms with Crippen molar-refractivity contribution in [1.82, 2.24) is 0 Å². The molecule has 0 bridgehead atoms. The van der Waals surface area contributed by atoms with E-state index in [0.717, 1.165) is 16.7 Å². The van der Waals surface area contributed by atoms with Gasteiger partial charge in [-0.3, -0.25) is 4.79 Å². The van der Waals surface area contributed by atoms with E-state index in [1.807, 2.05) is 42.5 Å². The minimum Gasteiger partial charge on any atom is -0.390 e. The van der Waals surface area contributed by atoms with Gasteiger partial charge < -0.3 is 9.84 Å². The zero-order valence-corrected chi connectivity index (χ0v) is 12.5. The standard InChI is InChI=1S/C17H18O3S/c18-10-14-6-8-17(9-7-14)21-13-16(19)12-20-11-15-4-2-1-3-5-15/h1-10,16,19H,11-13H2. The maximum absolute atomic E-state index is 10.6.